The van der Waals surface area contributed by atoms with Gasteiger partial charge in [0.25, 0.3) is 11.8 Å². The Balaban J connectivity index is 1.98. The highest BCUT2D eigenvalue weighted by Gasteiger charge is 2.30. The summed E-state index contributed by atoms with van der Waals surface area (Å²) in [6, 6.07) is 15.4. The Morgan fingerprint density at radius 2 is 1.79 bits per heavy atom. The predicted octanol–water partition coefficient (Wildman–Crippen LogP) is 2.71. The molecule has 1 aliphatic rings. The molecule has 0 radical (unpaired) electrons. The average molecular weight is 319 g/mol. The van der Waals surface area contributed by atoms with Crippen LogP contribution in [0.5, 0.6) is 0 Å². The number of carbonyl (C=O) groups excluding carboxylic acids is 2. The Hall–Kier alpha value is -3.13. The number of benzene rings is 2. The summed E-state index contributed by atoms with van der Waals surface area (Å²) in [7, 11) is 0. The molecule has 1 fully saturated rings. The monoisotopic (exact) mass is 319 g/mol. The van der Waals surface area contributed by atoms with Gasteiger partial charge in [0.15, 0.2) is 0 Å². The van der Waals surface area contributed by atoms with E-state index in [0.29, 0.717) is 34.8 Å². The molecule has 0 heterocycles. The molecule has 120 valence electrons. The van der Waals surface area contributed by atoms with E-state index in [1.54, 1.807) is 53.4 Å². The van der Waals surface area contributed by atoms with Crippen LogP contribution < -0.4 is 10.6 Å². The number of hydrogen-bond acceptors (Lipinski definition) is 3. The van der Waals surface area contributed by atoms with Gasteiger partial charge in [0.1, 0.15) is 0 Å². The van der Waals surface area contributed by atoms with E-state index < -0.39 is 5.91 Å². The fourth-order valence-electron chi connectivity index (χ4n) is 2.61. The number of nitrogens with two attached hydrogens (primary N) is 1. The second-order valence-electron chi connectivity index (χ2n) is 5.93. The fraction of sp³-hybridized carbons (Fsp3) is 0.211. The third-order valence-electron chi connectivity index (χ3n) is 4.10. The van der Waals surface area contributed by atoms with Crippen LogP contribution in [0.2, 0.25) is 0 Å². The minimum Gasteiger partial charge on any atom is -0.366 e. The lowest BCUT2D eigenvalue weighted by Gasteiger charge is -2.24. The lowest BCUT2D eigenvalue weighted by molar-refractivity contribution is 0.0985. The van der Waals surface area contributed by atoms with Crippen LogP contribution in [0.1, 0.15) is 39.1 Å². The van der Waals surface area contributed by atoms with Gasteiger partial charge in [-0.3, -0.25) is 9.59 Å². The smallest absolute Gasteiger partial charge is 0.258 e. The molecular formula is C19H17N3O2. The minimum atomic E-state index is -0.556. The van der Waals surface area contributed by atoms with Crippen molar-refractivity contribution in [1.82, 2.24) is 0 Å². The Labute approximate surface area is 140 Å². The van der Waals surface area contributed by atoms with E-state index in [1.807, 2.05) is 6.07 Å². The van der Waals surface area contributed by atoms with Crippen molar-refractivity contribution in [1.29, 1.82) is 5.26 Å². The molecule has 1 saturated carbocycles. The van der Waals surface area contributed by atoms with Gasteiger partial charge in [0.2, 0.25) is 0 Å². The highest BCUT2D eigenvalue weighted by Crippen LogP contribution is 2.33. The molecule has 5 nitrogen and oxygen atoms in total. The highest BCUT2D eigenvalue weighted by molar-refractivity contribution is 6.10. The van der Waals surface area contributed by atoms with Gasteiger partial charge < -0.3 is 10.6 Å². The van der Waals surface area contributed by atoms with Gasteiger partial charge >= 0.3 is 0 Å². The molecule has 0 spiro atoms. The van der Waals surface area contributed by atoms with Crippen LogP contribution in [0.15, 0.2) is 48.5 Å². The molecule has 2 aromatic rings. The lowest BCUT2D eigenvalue weighted by atomic mass is 10.1. The van der Waals surface area contributed by atoms with E-state index >= 15 is 0 Å². The molecule has 2 N–H and O–H groups in total. The summed E-state index contributed by atoms with van der Waals surface area (Å²) in [5.41, 5.74) is 7.31. The number of para-hydroxylation sites is 1. The molecule has 2 aromatic carbocycles. The van der Waals surface area contributed by atoms with E-state index in [4.69, 9.17) is 11.0 Å². The predicted molar refractivity (Wildman–Crippen MR) is 90.5 cm³/mol. The van der Waals surface area contributed by atoms with Crippen LogP contribution in [0, 0.1) is 17.2 Å². The molecular weight excluding hydrogens is 302 g/mol. The van der Waals surface area contributed by atoms with Crippen LogP contribution >= 0.6 is 0 Å². The molecule has 1 aliphatic carbocycles. The Kier molecular flexibility index (Phi) is 4.30. The summed E-state index contributed by atoms with van der Waals surface area (Å²) in [6.45, 7) is 0.559. The van der Waals surface area contributed by atoms with Gasteiger partial charge in [-0.2, -0.15) is 5.26 Å². The van der Waals surface area contributed by atoms with Crippen molar-refractivity contribution < 1.29 is 9.59 Å². The van der Waals surface area contributed by atoms with Gasteiger partial charge in [0, 0.05) is 12.1 Å². The number of nitrogens with zero attached hydrogens (tertiary/aromatic N) is 2. The normalized spacial score (nSPS) is 13.1. The van der Waals surface area contributed by atoms with Crippen molar-refractivity contribution in [3.8, 4) is 6.07 Å². The standard InChI is InChI=1S/C19H17N3O2/c20-11-13-7-9-15(10-8-13)19(24)22(12-14-5-6-14)17-4-2-1-3-16(17)18(21)23/h1-4,7-10,14H,5-6,12H2,(H2,21,23). The fourth-order valence-corrected chi connectivity index (χ4v) is 2.61. The van der Waals surface area contributed by atoms with Gasteiger partial charge in [-0.1, -0.05) is 12.1 Å². The quantitative estimate of drug-likeness (QED) is 0.919. The topological polar surface area (TPSA) is 87.2 Å². The van der Waals surface area contributed by atoms with Crippen molar-refractivity contribution >= 4 is 17.5 Å². The number of anilines is 1. The maximum absolute atomic E-state index is 13.0. The molecule has 5 heteroatoms. The van der Waals surface area contributed by atoms with E-state index in [2.05, 4.69) is 0 Å². The van der Waals surface area contributed by atoms with Gasteiger partial charge in [-0.25, -0.2) is 0 Å². The number of carbonyl (C=O) groups is 2. The van der Waals surface area contributed by atoms with Crippen LogP contribution in [0.3, 0.4) is 0 Å². The van der Waals surface area contributed by atoms with E-state index in [-0.39, 0.29) is 5.91 Å². The largest absolute Gasteiger partial charge is 0.366 e. The second kappa shape index (κ2) is 6.55. The first-order valence-electron chi connectivity index (χ1n) is 7.81. The van der Waals surface area contributed by atoms with Gasteiger partial charge in [-0.05, 0) is 55.2 Å². The molecule has 0 saturated heterocycles. The van der Waals surface area contributed by atoms with Crippen LogP contribution in [-0.2, 0) is 0 Å². The van der Waals surface area contributed by atoms with Crippen LogP contribution in [-0.4, -0.2) is 18.4 Å². The third-order valence-corrected chi connectivity index (χ3v) is 4.10. The maximum Gasteiger partial charge on any atom is 0.258 e. The summed E-state index contributed by atoms with van der Waals surface area (Å²) < 4.78 is 0. The number of amides is 2. The second-order valence-corrected chi connectivity index (χ2v) is 5.93. The summed E-state index contributed by atoms with van der Waals surface area (Å²) >= 11 is 0. The number of rotatable bonds is 5. The molecule has 24 heavy (non-hydrogen) atoms. The van der Waals surface area contributed by atoms with E-state index in [1.165, 1.54) is 0 Å². The molecule has 0 aliphatic heterocycles. The summed E-state index contributed by atoms with van der Waals surface area (Å²) in [6.07, 6.45) is 2.16. The average Bonchev–Trinajstić information content (AvgIpc) is 3.43. The molecule has 0 aromatic heterocycles. The summed E-state index contributed by atoms with van der Waals surface area (Å²) in [5, 5.41) is 8.88. The van der Waals surface area contributed by atoms with Crippen molar-refractivity contribution in [2.45, 2.75) is 12.8 Å². The Morgan fingerprint density at radius 3 is 2.38 bits per heavy atom. The van der Waals surface area contributed by atoms with Crippen molar-refractivity contribution in [2.75, 3.05) is 11.4 Å². The van der Waals surface area contributed by atoms with Gasteiger partial charge in [-0.15, -0.1) is 0 Å². The van der Waals surface area contributed by atoms with Crippen LogP contribution in [0.25, 0.3) is 0 Å². The van der Waals surface area contributed by atoms with Crippen molar-refractivity contribution in [2.24, 2.45) is 11.7 Å². The molecule has 3 rings (SSSR count). The first-order valence-corrected chi connectivity index (χ1v) is 7.81. The lowest BCUT2D eigenvalue weighted by Crippen LogP contribution is -2.34. The first kappa shape index (κ1) is 15.8. The Morgan fingerprint density at radius 1 is 1.12 bits per heavy atom. The molecule has 0 bridgehead atoms. The van der Waals surface area contributed by atoms with Gasteiger partial charge in [0.05, 0.1) is 22.9 Å². The summed E-state index contributed by atoms with van der Waals surface area (Å²) in [5.74, 6) is -0.299. The first-order chi connectivity index (χ1) is 11.6. The number of primary amides is 1. The van der Waals surface area contributed by atoms with Crippen molar-refractivity contribution in [3.63, 3.8) is 0 Å². The number of hydrogen-bond donors (Lipinski definition) is 1. The molecule has 0 unspecified atom stereocenters. The zero-order chi connectivity index (χ0) is 17.1. The van der Waals surface area contributed by atoms with E-state index in [9.17, 15) is 9.59 Å². The maximum atomic E-state index is 13.0. The minimum absolute atomic E-state index is 0.194. The van der Waals surface area contributed by atoms with Crippen LogP contribution in [0.4, 0.5) is 5.69 Å². The third kappa shape index (κ3) is 3.28. The number of nitriles is 1. The van der Waals surface area contributed by atoms with E-state index in [0.717, 1.165) is 12.8 Å². The molecule has 0 atom stereocenters. The SMILES string of the molecule is N#Cc1ccc(C(=O)N(CC2CC2)c2ccccc2C(N)=O)cc1. The highest BCUT2D eigenvalue weighted by atomic mass is 16.2. The van der Waals surface area contributed by atoms with Crippen molar-refractivity contribution in [3.05, 3.63) is 65.2 Å². The summed E-state index contributed by atoms with van der Waals surface area (Å²) in [4.78, 5) is 26.3. The Bertz CT molecular complexity index is 817. The zero-order valence-electron chi connectivity index (χ0n) is 13.1. The zero-order valence-corrected chi connectivity index (χ0v) is 13.1. The molecule has 2 amide bonds.